The highest BCUT2D eigenvalue weighted by Crippen LogP contribution is 2.21. The summed E-state index contributed by atoms with van der Waals surface area (Å²) in [5, 5.41) is 4.19. The zero-order valence-electron chi connectivity index (χ0n) is 6.59. The van der Waals surface area contributed by atoms with E-state index in [2.05, 4.69) is 5.32 Å². The van der Waals surface area contributed by atoms with Gasteiger partial charge in [0.2, 0.25) is 0 Å². The number of ether oxygens (including phenoxy) is 1. The smallest absolute Gasteiger partial charge is 0.126 e. The lowest BCUT2D eigenvalue weighted by molar-refractivity contribution is 0.323. The van der Waals surface area contributed by atoms with Crippen molar-refractivity contribution in [3.63, 3.8) is 0 Å². The summed E-state index contributed by atoms with van der Waals surface area (Å²) in [4.78, 5) is 0. The Balaban J connectivity index is 2.36. The molecule has 1 aromatic carbocycles. The molecule has 1 aliphatic rings. The Morgan fingerprint density at radius 2 is 2.33 bits per heavy atom. The SMILES string of the molecule is Fc1ccc2c(c1)OCC[N]C2. The first kappa shape index (κ1) is 7.55. The molecule has 2 nitrogen and oxygen atoms in total. The maximum Gasteiger partial charge on any atom is 0.126 e. The summed E-state index contributed by atoms with van der Waals surface area (Å²) in [5.74, 6) is 0.381. The lowest BCUT2D eigenvalue weighted by Gasteiger charge is -2.04. The minimum atomic E-state index is -0.254. The molecular formula is C9H9FNO. The van der Waals surface area contributed by atoms with E-state index in [9.17, 15) is 4.39 Å². The maximum atomic E-state index is 12.7. The lowest BCUT2D eigenvalue weighted by Crippen LogP contribution is -2.08. The molecule has 12 heavy (non-hydrogen) atoms. The average Bonchev–Trinajstić information content (AvgIpc) is 2.28. The van der Waals surface area contributed by atoms with Crippen molar-refractivity contribution in [3.8, 4) is 5.75 Å². The Morgan fingerprint density at radius 3 is 3.25 bits per heavy atom. The van der Waals surface area contributed by atoms with Crippen LogP contribution in [0.1, 0.15) is 5.56 Å². The molecule has 1 heterocycles. The van der Waals surface area contributed by atoms with Crippen LogP contribution in [0.3, 0.4) is 0 Å². The van der Waals surface area contributed by atoms with Crippen LogP contribution in [0.4, 0.5) is 4.39 Å². The van der Waals surface area contributed by atoms with Crippen LogP contribution in [0, 0.1) is 5.82 Å². The Labute approximate surface area is 70.3 Å². The normalized spacial score (nSPS) is 16.1. The molecule has 0 bridgehead atoms. The third-order valence-corrected chi connectivity index (χ3v) is 1.82. The number of rotatable bonds is 0. The number of fused-ring (bicyclic) bond motifs is 1. The van der Waals surface area contributed by atoms with Gasteiger partial charge < -0.3 is 4.74 Å². The number of hydrogen-bond donors (Lipinski definition) is 0. The zero-order chi connectivity index (χ0) is 8.39. The van der Waals surface area contributed by atoms with Gasteiger partial charge in [0, 0.05) is 24.7 Å². The molecule has 0 atom stereocenters. The molecule has 0 unspecified atom stereocenters. The second-order valence-corrected chi connectivity index (χ2v) is 2.71. The molecule has 0 saturated heterocycles. The van der Waals surface area contributed by atoms with Gasteiger partial charge in [0.15, 0.2) is 0 Å². The predicted molar refractivity (Wildman–Crippen MR) is 42.6 cm³/mol. The van der Waals surface area contributed by atoms with Crippen LogP contribution in [-0.4, -0.2) is 13.2 Å². The Kier molecular flexibility index (Phi) is 1.96. The molecule has 0 amide bonds. The minimum Gasteiger partial charge on any atom is -0.492 e. The highest BCUT2D eigenvalue weighted by Gasteiger charge is 2.08. The first-order valence-corrected chi connectivity index (χ1v) is 3.91. The van der Waals surface area contributed by atoms with Crippen LogP contribution in [0.2, 0.25) is 0 Å². The van der Waals surface area contributed by atoms with Gasteiger partial charge in [-0.2, -0.15) is 0 Å². The fourth-order valence-electron chi connectivity index (χ4n) is 1.21. The average molecular weight is 166 g/mol. The minimum absolute atomic E-state index is 0.254. The van der Waals surface area contributed by atoms with E-state index in [1.165, 1.54) is 12.1 Å². The third-order valence-electron chi connectivity index (χ3n) is 1.82. The Hall–Kier alpha value is -1.09. The van der Waals surface area contributed by atoms with Gasteiger partial charge in [-0.1, -0.05) is 6.07 Å². The molecule has 1 aliphatic heterocycles. The summed E-state index contributed by atoms with van der Waals surface area (Å²) in [6.07, 6.45) is 0. The summed E-state index contributed by atoms with van der Waals surface area (Å²) in [6.45, 7) is 1.88. The second kappa shape index (κ2) is 3.11. The van der Waals surface area contributed by atoms with Crippen molar-refractivity contribution in [2.45, 2.75) is 6.54 Å². The molecule has 1 aromatic rings. The predicted octanol–water partition coefficient (Wildman–Crippen LogP) is 1.32. The number of halogens is 1. The molecule has 0 aromatic heterocycles. The summed E-state index contributed by atoms with van der Waals surface area (Å²) >= 11 is 0. The Morgan fingerprint density at radius 1 is 1.42 bits per heavy atom. The van der Waals surface area contributed by atoms with Crippen molar-refractivity contribution in [3.05, 3.63) is 29.6 Å². The maximum absolute atomic E-state index is 12.7. The van der Waals surface area contributed by atoms with E-state index in [1.807, 2.05) is 0 Å². The zero-order valence-corrected chi connectivity index (χ0v) is 6.59. The largest absolute Gasteiger partial charge is 0.492 e. The molecular weight excluding hydrogens is 157 g/mol. The number of nitrogens with zero attached hydrogens (tertiary/aromatic N) is 1. The number of hydrogen-bond acceptors (Lipinski definition) is 1. The highest BCUT2D eigenvalue weighted by molar-refractivity contribution is 5.34. The quantitative estimate of drug-likeness (QED) is 0.570. The summed E-state index contributed by atoms with van der Waals surface area (Å²) in [6, 6.07) is 4.57. The van der Waals surface area contributed by atoms with Gasteiger partial charge in [-0.25, -0.2) is 9.71 Å². The summed E-state index contributed by atoms with van der Waals surface area (Å²) in [5.41, 5.74) is 0.967. The van der Waals surface area contributed by atoms with E-state index < -0.39 is 0 Å². The van der Waals surface area contributed by atoms with E-state index in [1.54, 1.807) is 6.07 Å². The molecule has 0 fully saturated rings. The van der Waals surface area contributed by atoms with Crippen LogP contribution in [0.25, 0.3) is 0 Å². The molecule has 0 N–H and O–H groups in total. The van der Waals surface area contributed by atoms with E-state index in [4.69, 9.17) is 4.74 Å². The second-order valence-electron chi connectivity index (χ2n) is 2.71. The van der Waals surface area contributed by atoms with E-state index >= 15 is 0 Å². The highest BCUT2D eigenvalue weighted by atomic mass is 19.1. The van der Waals surface area contributed by atoms with Crippen LogP contribution in [0.5, 0.6) is 5.75 Å². The van der Waals surface area contributed by atoms with Crippen molar-refractivity contribution in [1.82, 2.24) is 5.32 Å². The van der Waals surface area contributed by atoms with Crippen molar-refractivity contribution in [2.24, 2.45) is 0 Å². The molecule has 3 heteroatoms. The van der Waals surface area contributed by atoms with Gasteiger partial charge in [0.25, 0.3) is 0 Å². The van der Waals surface area contributed by atoms with Gasteiger partial charge in [0.05, 0.1) is 0 Å². The van der Waals surface area contributed by atoms with Gasteiger partial charge >= 0.3 is 0 Å². The van der Waals surface area contributed by atoms with E-state index in [0.717, 1.165) is 5.56 Å². The first-order chi connectivity index (χ1) is 5.86. The monoisotopic (exact) mass is 166 g/mol. The summed E-state index contributed by atoms with van der Waals surface area (Å²) < 4.78 is 18.0. The van der Waals surface area contributed by atoms with Crippen molar-refractivity contribution >= 4 is 0 Å². The van der Waals surface area contributed by atoms with Crippen LogP contribution in [0.15, 0.2) is 18.2 Å². The first-order valence-electron chi connectivity index (χ1n) is 3.91. The topological polar surface area (TPSA) is 23.3 Å². The van der Waals surface area contributed by atoms with E-state index in [0.29, 0.717) is 25.4 Å². The molecule has 63 valence electrons. The summed E-state index contributed by atoms with van der Waals surface area (Å²) in [7, 11) is 0. The molecule has 0 spiro atoms. The van der Waals surface area contributed by atoms with Gasteiger partial charge in [-0.05, 0) is 6.07 Å². The van der Waals surface area contributed by atoms with Gasteiger partial charge in [0.1, 0.15) is 18.2 Å². The molecule has 2 rings (SSSR count). The lowest BCUT2D eigenvalue weighted by atomic mass is 10.2. The van der Waals surface area contributed by atoms with Crippen LogP contribution < -0.4 is 10.1 Å². The van der Waals surface area contributed by atoms with Gasteiger partial charge in [-0.3, -0.25) is 0 Å². The third kappa shape index (κ3) is 1.41. The van der Waals surface area contributed by atoms with Gasteiger partial charge in [-0.15, -0.1) is 0 Å². The van der Waals surface area contributed by atoms with Crippen molar-refractivity contribution in [1.29, 1.82) is 0 Å². The van der Waals surface area contributed by atoms with Crippen LogP contribution in [-0.2, 0) is 6.54 Å². The molecule has 0 saturated carbocycles. The van der Waals surface area contributed by atoms with Crippen LogP contribution >= 0.6 is 0 Å². The van der Waals surface area contributed by atoms with E-state index in [-0.39, 0.29) is 5.82 Å². The number of benzene rings is 1. The van der Waals surface area contributed by atoms with Crippen molar-refractivity contribution in [2.75, 3.05) is 13.2 Å². The van der Waals surface area contributed by atoms with Crippen molar-refractivity contribution < 1.29 is 9.13 Å². The fraction of sp³-hybridized carbons (Fsp3) is 0.333. The fourth-order valence-corrected chi connectivity index (χ4v) is 1.21. The standard InChI is InChI=1S/C9H9FNO/c10-8-2-1-7-6-11-3-4-12-9(7)5-8/h1-2,5H,3-4,6H2. The molecule has 0 aliphatic carbocycles. The Bertz CT molecular complexity index is 288. The molecule has 1 radical (unpaired) electrons.